The first-order chi connectivity index (χ1) is 10.2. The van der Waals surface area contributed by atoms with Gasteiger partial charge in [-0.1, -0.05) is 34.6 Å². The van der Waals surface area contributed by atoms with Crippen LogP contribution in [-0.2, 0) is 4.74 Å². The molecule has 0 unspecified atom stereocenters. The zero-order chi connectivity index (χ0) is 18.7. The molecule has 23 heavy (non-hydrogen) atoms. The van der Waals surface area contributed by atoms with Crippen molar-refractivity contribution in [1.29, 1.82) is 5.41 Å². The monoisotopic (exact) mass is 344 g/mol. The van der Waals surface area contributed by atoms with Crippen LogP contribution in [0.2, 0.25) is 0 Å². The lowest BCUT2D eigenvalue weighted by Crippen LogP contribution is -2.76. The second-order valence-electron chi connectivity index (χ2n) is 8.51. The van der Waals surface area contributed by atoms with Gasteiger partial charge in [0, 0.05) is 21.4 Å². The number of thiol groups is 1. The lowest BCUT2D eigenvalue weighted by Gasteiger charge is -2.70. The number of amides is 1. The Morgan fingerprint density at radius 1 is 1.09 bits per heavy atom. The van der Waals surface area contributed by atoms with Crippen molar-refractivity contribution in [3.63, 3.8) is 0 Å². The van der Waals surface area contributed by atoms with E-state index in [1.165, 1.54) is 0 Å². The molecule has 0 aromatic heterocycles. The van der Waals surface area contributed by atoms with Gasteiger partial charge in [0.25, 0.3) is 0 Å². The van der Waals surface area contributed by atoms with Gasteiger partial charge in [-0.2, -0.15) is 12.6 Å². The lowest BCUT2D eigenvalue weighted by molar-refractivity contribution is -0.100. The molecule has 0 aromatic carbocycles. The first-order valence-electron chi connectivity index (χ1n) is 8.46. The number of ether oxygens (including phenoxy) is 1. The SMILES string of the molecule is CC.CC(=N)C12CC(NC(=O)OC(C)(C)C)(C1)C2.CC(C)(C)S. The van der Waals surface area contributed by atoms with Gasteiger partial charge in [-0.05, 0) is 47.0 Å². The van der Waals surface area contributed by atoms with Crippen LogP contribution in [0.4, 0.5) is 4.79 Å². The van der Waals surface area contributed by atoms with Gasteiger partial charge in [0.05, 0.1) is 0 Å². The summed E-state index contributed by atoms with van der Waals surface area (Å²) in [6, 6.07) is 0. The Morgan fingerprint density at radius 3 is 1.70 bits per heavy atom. The molecule has 0 spiro atoms. The third-order valence-corrected chi connectivity index (χ3v) is 3.59. The van der Waals surface area contributed by atoms with Crippen molar-refractivity contribution in [3.8, 4) is 0 Å². The summed E-state index contributed by atoms with van der Waals surface area (Å²) in [5, 5.41) is 10.6. The molecule has 3 aliphatic rings. The highest BCUT2D eigenvalue weighted by molar-refractivity contribution is 7.81. The van der Waals surface area contributed by atoms with E-state index in [-0.39, 0.29) is 21.8 Å². The van der Waals surface area contributed by atoms with E-state index in [1.807, 2.05) is 41.5 Å². The van der Waals surface area contributed by atoms with Crippen LogP contribution in [0.1, 0.15) is 81.6 Å². The molecule has 4 nitrogen and oxygen atoms in total. The third kappa shape index (κ3) is 7.15. The molecule has 3 aliphatic carbocycles. The number of alkyl carbamates (subject to hydrolysis) is 1. The molecule has 0 heterocycles. The van der Waals surface area contributed by atoms with Crippen LogP contribution in [-0.4, -0.2) is 27.7 Å². The highest BCUT2D eigenvalue weighted by atomic mass is 32.1. The summed E-state index contributed by atoms with van der Waals surface area (Å²) in [7, 11) is 0. The molecule has 0 radical (unpaired) electrons. The Balaban J connectivity index is 0.000000594. The maximum atomic E-state index is 11.6. The Bertz CT molecular complexity index is 408. The summed E-state index contributed by atoms with van der Waals surface area (Å²) < 4.78 is 5.42. The van der Waals surface area contributed by atoms with E-state index in [9.17, 15) is 4.79 Å². The minimum Gasteiger partial charge on any atom is -0.444 e. The molecule has 2 bridgehead atoms. The maximum Gasteiger partial charge on any atom is 0.408 e. The van der Waals surface area contributed by atoms with Crippen LogP contribution >= 0.6 is 12.6 Å². The number of rotatable bonds is 2. The Morgan fingerprint density at radius 2 is 1.43 bits per heavy atom. The number of carbonyl (C=O) groups excluding carboxylic acids is 1. The van der Waals surface area contributed by atoms with Crippen molar-refractivity contribution in [2.75, 3.05) is 0 Å². The number of carbonyl (C=O) groups is 1. The predicted octanol–water partition coefficient (Wildman–Crippen LogP) is 5.21. The van der Waals surface area contributed by atoms with Gasteiger partial charge in [-0.3, -0.25) is 0 Å². The van der Waals surface area contributed by atoms with E-state index in [2.05, 4.69) is 38.7 Å². The third-order valence-electron chi connectivity index (χ3n) is 3.59. The Labute approximate surface area is 148 Å². The van der Waals surface area contributed by atoms with Crippen LogP contribution in [0.15, 0.2) is 0 Å². The molecule has 0 aliphatic heterocycles. The summed E-state index contributed by atoms with van der Waals surface area (Å²) in [6.45, 7) is 17.6. The molecule has 1 amide bonds. The average molecular weight is 345 g/mol. The summed E-state index contributed by atoms with van der Waals surface area (Å²) in [5.74, 6) is 0. The van der Waals surface area contributed by atoms with E-state index in [1.54, 1.807) is 0 Å². The van der Waals surface area contributed by atoms with Gasteiger partial charge >= 0.3 is 6.09 Å². The minimum atomic E-state index is -0.442. The first kappa shape index (κ1) is 22.3. The molecule has 5 heteroatoms. The van der Waals surface area contributed by atoms with Gasteiger partial charge in [0.2, 0.25) is 0 Å². The fraction of sp³-hybridized carbons (Fsp3) is 0.889. The average Bonchev–Trinajstić information content (AvgIpc) is 2.18. The van der Waals surface area contributed by atoms with Crippen molar-refractivity contribution in [3.05, 3.63) is 0 Å². The van der Waals surface area contributed by atoms with Crippen LogP contribution < -0.4 is 5.32 Å². The molecule has 2 N–H and O–H groups in total. The number of nitrogens with one attached hydrogen (secondary N) is 2. The van der Waals surface area contributed by atoms with Gasteiger partial charge < -0.3 is 15.5 Å². The topological polar surface area (TPSA) is 62.2 Å². The van der Waals surface area contributed by atoms with Gasteiger partial charge in [-0.15, -0.1) is 0 Å². The largest absolute Gasteiger partial charge is 0.444 e. The Kier molecular flexibility index (Phi) is 7.22. The second-order valence-corrected chi connectivity index (χ2v) is 9.86. The maximum absolute atomic E-state index is 11.6. The van der Waals surface area contributed by atoms with Crippen molar-refractivity contribution in [1.82, 2.24) is 5.32 Å². The highest BCUT2D eigenvalue weighted by Gasteiger charge is 2.69. The van der Waals surface area contributed by atoms with E-state index < -0.39 is 5.60 Å². The molecule has 3 saturated carbocycles. The number of hydrogen-bond donors (Lipinski definition) is 3. The standard InChI is InChI=1S/C12H20N2O2.C4H10S.C2H6/c1-8(13)11-5-12(6-11,7-11)14-9(15)16-10(2,3)4;1-4(2,3)5;1-2/h13H,5-7H2,1-4H3,(H,14,15);5H,1-3H3;1-2H3. The summed E-state index contributed by atoms with van der Waals surface area (Å²) in [4.78, 5) is 11.6. The molecular weight excluding hydrogens is 308 g/mol. The summed E-state index contributed by atoms with van der Waals surface area (Å²) >= 11 is 4.12. The quantitative estimate of drug-likeness (QED) is 0.475. The van der Waals surface area contributed by atoms with Gasteiger partial charge in [-0.25, -0.2) is 4.79 Å². The van der Waals surface area contributed by atoms with Crippen LogP contribution in [0.25, 0.3) is 0 Å². The van der Waals surface area contributed by atoms with Crippen molar-refractivity contribution >= 4 is 24.4 Å². The molecule has 3 fully saturated rings. The second kappa shape index (κ2) is 7.45. The molecular formula is C18H36N2O2S. The predicted molar refractivity (Wildman–Crippen MR) is 102 cm³/mol. The molecule has 0 atom stereocenters. The smallest absolute Gasteiger partial charge is 0.408 e. The molecule has 3 rings (SSSR count). The lowest BCUT2D eigenvalue weighted by atomic mass is 9.38. The first-order valence-corrected chi connectivity index (χ1v) is 8.90. The van der Waals surface area contributed by atoms with Crippen LogP contribution in [0.5, 0.6) is 0 Å². The zero-order valence-corrected chi connectivity index (χ0v) is 17.3. The summed E-state index contributed by atoms with van der Waals surface area (Å²) in [6.07, 6.45) is 2.40. The fourth-order valence-corrected chi connectivity index (χ4v) is 2.84. The Hall–Kier alpha value is -0.710. The number of hydrogen-bond acceptors (Lipinski definition) is 4. The van der Waals surface area contributed by atoms with Crippen molar-refractivity contribution in [2.24, 2.45) is 5.41 Å². The van der Waals surface area contributed by atoms with Crippen molar-refractivity contribution in [2.45, 2.75) is 97.5 Å². The van der Waals surface area contributed by atoms with Gasteiger partial charge in [0.1, 0.15) is 5.60 Å². The van der Waals surface area contributed by atoms with E-state index in [0.29, 0.717) is 0 Å². The highest BCUT2D eigenvalue weighted by Crippen LogP contribution is 2.67. The normalized spacial score (nSPS) is 27.7. The van der Waals surface area contributed by atoms with E-state index >= 15 is 0 Å². The minimum absolute atomic E-state index is 0.0648. The molecule has 136 valence electrons. The van der Waals surface area contributed by atoms with Crippen molar-refractivity contribution < 1.29 is 9.53 Å². The molecule has 0 aromatic rings. The van der Waals surface area contributed by atoms with Gasteiger partial charge in [0.15, 0.2) is 0 Å². The molecule has 0 saturated heterocycles. The fourth-order valence-electron chi connectivity index (χ4n) is 2.84. The van der Waals surface area contributed by atoms with Crippen LogP contribution in [0, 0.1) is 10.8 Å². The van der Waals surface area contributed by atoms with Crippen LogP contribution in [0.3, 0.4) is 0 Å². The van der Waals surface area contributed by atoms with E-state index in [4.69, 9.17) is 10.1 Å². The zero-order valence-electron chi connectivity index (χ0n) is 16.4. The summed E-state index contributed by atoms with van der Waals surface area (Å²) in [5.41, 5.74) is 0.350. The van der Waals surface area contributed by atoms with E-state index in [0.717, 1.165) is 25.0 Å².